The summed E-state index contributed by atoms with van der Waals surface area (Å²) in [6.45, 7) is 0.388. The number of benzene rings is 2. The molecule has 0 atom stereocenters. The van der Waals surface area contributed by atoms with Gasteiger partial charge in [-0.2, -0.15) is 0 Å². The van der Waals surface area contributed by atoms with E-state index in [0.29, 0.717) is 17.4 Å². The Kier molecular flexibility index (Phi) is 6.66. The number of hydrogen-bond donors (Lipinski definition) is 3. The van der Waals surface area contributed by atoms with Gasteiger partial charge in [-0.25, -0.2) is 9.78 Å². The van der Waals surface area contributed by atoms with Crippen molar-refractivity contribution in [3.8, 4) is 5.75 Å². The van der Waals surface area contributed by atoms with Gasteiger partial charge < -0.3 is 20.7 Å². The van der Waals surface area contributed by atoms with Gasteiger partial charge in [0.25, 0.3) is 0 Å². The Morgan fingerprint density at radius 3 is 2.74 bits per heavy atom. The lowest BCUT2D eigenvalue weighted by Gasteiger charge is -2.19. The zero-order chi connectivity index (χ0) is 21.6. The van der Waals surface area contributed by atoms with Crippen LogP contribution in [-0.2, 0) is 11.3 Å². The highest BCUT2D eigenvalue weighted by atomic mass is 32.1. The molecule has 2 aromatic carbocycles. The average Bonchev–Trinajstić information content (AvgIpc) is 3.20. The van der Waals surface area contributed by atoms with Crippen molar-refractivity contribution in [2.45, 2.75) is 38.6 Å². The number of thiazole rings is 1. The monoisotopic (exact) mass is 438 g/mol. The number of nitrogens with zero attached hydrogens (tertiary/aromatic N) is 1. The van der Waals surface area contributed by atoms with Gasteiger partial charge in [0.05, 0.1) is 17.3 Å². The van der Waals surface area contributed by atoms with Crippen LogP contribution >= 0.6 is 11.3 Å². The number of carbonyl (C=O) groups excluding carboxylic acids is 2. The van der Waals surface area contributed by atoms with E-state index in [-0.39, 0.29) is 17.9 Å². The van der Waals surface area contributed by atoms with Crippen molar-refractivity contribution < 1.29 is 14.3 Å². The molecule has 8 heteroatoms. The van der Waals surface area contributed by atoms with Gasteiger partial charge in [0.1, 0.15) is 5.75 Å². The van der Waals surface area contributed by atoms with Gasteiger partial charge in [-0.15, -0.1) is 0 Å². The Labute approximate surface area is 185 Å². The molecule has 3 amide bonds. The second kappa shape index (κ2) is 9.78. The Hall–Kier alpha value is -3.13. The van der Waals surface area contributed by atoms with Crippen molar-refractivity contribution >= 4 is 44.3 Å². The number of amides is 3. The molecule has 0 unspecified atom stereocenters. The molecule has 162 valence electrons. The largest absolute Gasteiger partial charge is 0.497 e. The third-order valence-corrected chi connectivity index (χ3v) is 6.39. The van der Waals surface area contributed by atoms with E-state index in [2.05, 4.69) is 20.9 Å². The number of carbonyl (C=O) groups is 2. The molecule has 3 aromatic rings. The smallest absolute Gasteiger partial charge is 0.319 e. The minimum absolute atomic E-state index is 0.0639. The van der Waals surface area contributed by atoms with Crippen molar-refractivity contribution in [3.05, 3.63) is 48.0 Å². The minimum atomic E-state index is -0.303. The summed E-state index contributed by atoms with van der Waals surface area (Å²) in [5.41, 5.74) is 2.34. The number of anilines is 2. The van der Waals surface area contributed by atoms with Crippen LogP contribution in [0.25, 0.3) is 10.2 Å². The standard InChI is InChI=1S/C23H26N4O3S/c1-30-18-9-5-6-15(12-18)14-24-22(29)25-17-10-11-20-19(13-17)26-23(31-20)27-21(28)16-7-3-2-4-8-16/h5-6,9-13,16H,2-4,7-8,14H2,1H3,(H2,24,25,29)(H,26,27,28). The molecule has 31 heavy (non-hydrogen) atoms. The average molecular weight is 439 g/mol. The lowest BCUT2D eigenvalue weighted by Crippen LogP contribution is -2.28. The molecule has 3 N–H and O–H groups in total. The van der Waals surface area contributed by atoms with Crippen molar-refractivity contribution in [2.75, 3.05) is 17.7 Å². The van der Waals surface area contributed by atoms with Crippen LogP contribution in [-0.4, -0.2) is 24.0 Å². The summed E-state index contributed by atoms with van der Waals surface area (Å²) < 4.78 is 6.16. The molecule has 0 bridgehead atoms. The van der Waals surface area contributed by atoms with Crippen LogP contribution in [0.4, 0.5) is 15.6 Å². The van der Waals surface area contributed by atoms with E-state index in [1.165, 1.54) is 17.8 Å². The van der Waals surface area contributed by atoms with Crippen molar-refractivity contribution in [2.24, 2.45) is 5.92 Å². The van der Waals surface area contributed by atoms with E-state index in [1.807, 2.05) is 42.5 Å². The lowest BCUT2D eigenvalue weighted by atomic mass is 9.89. The van der Waals surface area contributed by atoms with E-state index >= 15 is 0 Å². The Morgan fingerprint density at radius 2 is 1.94 bits per heavy atom. The topological polar surface area (TPSA) is 92.4 Å². The molecular formula is C23H26N4O3S. The summed E-state index contributed by atoms with van der Waals surface area (Å²) in [7, 11) is 1.61. The number of aromatic nitrogens is 1. The van der Waals surface area contributed by atoms with Crippen LogP contribution in [0.1, 0.15) is 37.7 Å². The fourth-order valence-electron chi connectivity index (χ4n) is 3.77. The maximum Gasteiger partial charge on any atom is 0.319 e. The number of hydrogen-bond acceptors (Lipinski definition) is 5. The maximum atomic E-state index is 12.5. The van der Waals surface area contributed by atoms with Crippen molar-refractivity contribution in [1.29, 1.82) is 0 Å². The van der Waals surface area contributed by atoms with E-state index in [1.54, 1.807) is 7.11 Å². The number of nitrogens with one attached hydrogen (secondary N) is 3. The second-order valence-corrected chi connectivity index (χ2v) is 8.72. The number of rotatable bonds is 6. The fourth-order valence-corrected chi connectivity index (χ4v) is 4.62. The molecule has 1 saturated carbocycles. The number of ether oxygens (including phenoxy) is 1. The predicted molar refractivity (Wildman–Crippen MR) is 124 cm³/mol. The van der Waals surface area contributed by atoms with Crippen LogP contribution in [0.2, 0.25) is 0 Å². The Morgan fingerprint density at radius 1 is 1.10 bits per heavy atom. The second-order valence-electron chi connectivity index (χ2n) is 7.68. The third kappa shape index (κ3) is 5.52. The summed E-state index contributed by atoms with van der Waals surface area (Å²) in [5.74, 6) is 0.903. The van der Waals surface area contributed by atoms with E-state index in [4.69, 9.17) is 4.74 Å². The van der Waals surface area contributed by atoms with Gasteiger partial charge in [-0.05, 0) is 48.7 Å². The Balaban J connectivity index is 1.35. The zero-order valence-corrected chi connectivity index (χ0v) is 18.3. The third-order valence-electron chi connectivity index (χ3n) is 5.44. The highest BCUT2D eigenvalue weighted by molar-refractivity contribution is 7.22. The van der Waals surface area contributed by atoms with E-state index < -0.39 is 0 Å². The predicted octanol–water partition coefficient (Wildman–Crippen LogP) is 5.15. The zero-order valence-electron chi connectivity index (χ0n) is 17.4. The summed E-state index contributed by atoms with van der Waals surface area (Å²) >= 11 is 1.44. The first-order chi connectivity index (χ1) is 15.1. The number of fused-ring (bicyclic) bond motifs is 1. The molecule has 0 spiro atoms. The molecular weight excluding hydrogens is 412 g/mol. The van der Waals surface area contributed by atoms with E-state index in [0.717, 1.165) is 47.2 Å². The molecule has 0 aliphatic heterocycles. The van der Waals surface area contributed by atoms with Gasteiger partial charge in [-0.1, -0.05) is 42.7 Å². The van der Waals surface area contributed by atoms with Gasteiger partial charge in [0.15, 0.2) is 5.13 Å². The van der Waals surface area contributed by atoms with Gasteiger partial charge in [0.2, 0.25) is 5.91 Å². The molecule has 4 rings (SSSR count). The molecule has 1 aromatic heterocycles. The molecule has 0 saturated heterocycles. The normalized spacial score (nSPS) is 14.2. The maximum absolute atomic E-state index is 12.5. The van der Waals surface area contributed by atoms with Crippen LogP contribution in [0.3, 0.4) is 0 Å². The molecule has 1 heterocycles. The molecule has 1 fully saturated rings. The molecule has 1 aliphatic carbocycles. The van der Waals surface area contributed by atoms with E-state index in [9.17, 15) is 9.59 Å². The highest BCUT2D eigenvalue weighted by Crippen LogP contribution is 2.30. The van der Waals surface area contributed by atoms with Gasteiger partial charge in [0, 0.05) is 18.2 Å². The van der Waals surface area contributed by atoms with Gasteiger partial charge >= 0.3 is 6.03 Å². The van der Waals surface area contributed by atoms with Crippen LogP contribution < -0.4 is 20.7 Å². The lowest BCUT2D eigenvalue weighted by molar-refractivity contribution is -0.120. The summed E-state index contributed by atoms with van der Waals surface area (Å²) in [6, 6.07) is 12.8. The Bertz CT molecular complexity index is 1080. The summed E-state index contributed by atoms with van der Waals surface area (Å²) in [5, 5.41) is 9.23. The number of urea groups is 1. The first-order valence-electron chi connectivity index (χ1n) is 10.5. The SMILES string of the molecule is COc1cccc(CNC(=O)Nc2ccc3sc(NC(=O)C4CCCCC4)nc3c2)c1. The minimum Gasteiger partial charge on any atom is -0.497 e. The van der Waals surface area contributed by atoms with Crippen LogP contribution in [0, 0.1) is 5.92 Å². The van der Waals surface area contributed by atoms with Gasteiger partial charge in [-0.3, -0.25) is 4.79 Å². The molecule has 1 aliphatic rings. The van der Waals surface area contributed by atoms with Crippen molar-refractivity contribution in [1.82, 2.24) is 10.3 Å². The summed E-state index contributed by atoms with van der Waals surface area (Å²) in [4.78, 5) is 29.3. The first kappa shape index (κ1) is 21.1. The molecule has 7 nitrogen and oxygen atoms in total. The summed E-state index contributed by atoms with van der Waals surface area (Å²) in [6.07, 6.45) is 5.36. The van der Waals surface area contributed by atoms with Crippen LogP contribution in [0.15, 0.2) is 42.5 Å². The first-order valence-corrected chi connectivity index (χ1v) is 11.3. The quantitative estimate of drug-likeness (QED) is 0.496. The number of methoxy groups -OCH3 is 1. The highest BCUT2D eigenvalue weighted by Gasteiger charge is 2.22. The van der Waals surface area contributed by atoms with Crippen molar-refractivity contribution in [3.63, 3.8) is 0 Å². The fraction of sp³-hybridized carbons (Fsp3) is 0.348. The molecule has 0 radical (unpaired) electrons. The van der Waals surface area contributed by atoms with Crippen LogP contribution in [0.5, 0.6) is 5.75 Å².